The van der Waals surface area contributed by atoms with Crippen LogP contribution in [0.2, 0.25) is 18.1 Å². The van der Waals surface area contributed by atoms with Crippen LogP contribution >= 0.6 is 0 Å². The molecule has 1 atom stereocenters. The molecule has 0 aliphatic heterocycles. The molecule has 2 aromatic heterocycles. The van der Waals surface area contributed by atoms with E-state index in [1.165, 1.54) is 42.4 Å². The molecule has 2 fully saturated rings. The minimum Gasteiger partial charge on any atom is -0.414 e. The van der Waals surface area contributed by atoms with Crippen LogP contribution in [0.5, 0.6) is 0 Å². The van der Waals surface area contributed by atoms with E-state index in [0.717, 1.165) is 62.1 Å². The lowest BCUT2D eigenvalue weighted by Gasteiger charge is -2.41. The maximum Gasteiger partial charge on any atom is 0.224 e. The first-order valence-electron chi connectivity index (χ1n) is 16.7. The molecular formula is C35H55N5OSi. The van der Waals surface area contributed by atoms with Crippen LogP contribution in [0.25, 0.3) is 22.2 Å². The second-order valence-corrected chi connectivity index (χ2v) is 19.3. The van der Waals surface area contributed by atoms with Gasteiger partial charge < -0.3 is 19.6 Å². The molecule has 0 amide bonds. The zero-order chi connectivity index (χ0) is 29.9. The summed E-state index contributed by atoms with van der Waals surface area (Å²) in [5, 5.41) is 8.68. The Kier molecular flexibility index (Phi) is 9.80. The number of aromatic nitrogens is 3. The zero-order valence-electron chi connectivity index (χ0n) is 27.3. The summed E-state index contributed by atoms with van der Waals surface area (Å²) in [6.45, 7) is 17.2. The van der Waals surface area contributed by atoms with Crippen LogP contribution in [0.15, 0.2) is 36.7 Å². The molecule has 1 unspecified atom stereocenters. The van der Waals surface area contributed by atoms with Crippen molar-refractivity contribution < 1.29 is 4.43 Å². The molecular weight excluding hydrogens is 535 g/mol. The summed E-state index contributed by atoms with van der Waals surface area (Å²) >= 11 is 0. The normalized spacial score (nSPS) is 21.2. The van der Waals surface area contributed by atoms with Gasteiger partial charge in [0.05, 0.1) is 0 Å². The fourth-order valence-electron chi connectivity index (χ4n) is 6.56. The van der Waals surface area contributed by atoms with Crippen LogP contribution in [0, 0.1) is 0 Å². The van der Waals surface area contributed by atoms with Crippen LogP contribution in [-0.4, -0.2) is 41.0 Å². The van der Waals surface area contributed by atoms with E-state index >= 15 is 0 Å². The van der Waals surface area contributed by atoms with Crippen molar-refractivity contribution in [2.45, 2.75) is 148 Å². The fraction of sp³-hybridized carbons (Fsp3) is 0.657. The molecule has 2 aliphatic rings. The molecule has 2 saturated carbocycles. The van der Waals surface area contributed by atoms with E-state index in [1.807, 2.05) is 6.20 Å². The van der Waals surface area contributed by atoms with Crippen LogP contribution in [0.4, 0.5) is 5.95 Å². The summed E-state index contributed by atoms with van der Waals surface area (Å²) in [5.41, 5.74) is 4.86. The molecule has 2 aliphatic carbocycles. The van der Waals surface area contributed by atoms with Gasteiger partial charge in [-0.15, -0.1) is 0 Å². The van der Waals surface area contributed by atoms with Crippen molar-refractivity contribution in [1.29, 1.82) is 0 Å². The predicted octanol–water partition coefficient (Wildman–Crippen LogP) is 9.24. The van der Waals surface area contributed by atoms with Gasteiger partial charge in [0.1, 0.15) is 5.65 Å². The Bertz CT molecular complexity index is 1300. The molecule has 5 rings (SSSR count). The third-order valence-electron chi connectivity index (χ3n) is 10.2. The molecule has 3 aromatic rings. The van der Waals surface area contributed by atoms with Gasteiger partial charge in [0, 0.05) is 54.1 Å². The topological polar surface area (TPSA) is 64.0 Å². The standard InChI is InChI=1S/C35H55N5OSi/c1-8-11-25(2)38-34-37-23-31-32(27-16-14-26(15-17-27)22-36-28-12-9-10-13-28)24-40(33(31)39-34)29-18-20-30(21-19-29)41-42(6,7)35(3,4)5/h14-17,23-25,28-30,36H,8-13,18-22H2,1-7H3,(H,37,38,39)/t25?,29-,30-. The average molecular weight is 590 g/mol. The molecule has 7 heteroatoms. The number of hydrogen-bond donors (Lipinski definition) is 2. The summed E-state index contributed by atoms with van der Waals surface area (Å²) in [6.07, 6.45) is 16.8. The van der Waals surface area contributed by atoms with Gasteiger partial charge in [0.15, 0.2) is 8.32 Å². The van der Waals surface area contributed by atoms with Crippen molar-refractivity contribution in [1.82, 2.24) is 19.9 Å². The highest BCUT2D eigenvalue weighted by Gasteiger charge is 2.40. The summed E-state index contributed by atoms with van der Waals surface area (Å²) in [7, 11) is -1.77. The Balaban J connectivity index is 1.38. The SMILES string of the molecule is CCCC(C)Nc1ncc2c(-c3ccc(CNC4CCCC4)cc3)cn([C@H]3CC[C@H](O[Si](C)(C)C(C)(C)C)CC3)c2n1. The smallest absolute Gasteiger partial charge is 0.224 e. The highest BCUT2D eigenvalue weighted by atomic mass is 28.4. The molecule has 2 N–H and O–H groups in total. The number of nitrogens with zero attached hydrogens (tertiary/aromatic N) is 3. The number of hydrogen-bond acceptors (Lipinski definition) is 5. The Hall–Kier alpha value is -2.22. The maximum atomic E-state index is 6.83. The second-order valence-electron chi connectivity index (χ2n) is 14.6. The first kappa shape index (κ1) is 31.2. The Labute approximate surface area is 255 Å². The first-order valence-corrected chi connectivity index (χ1v) is 19.6. The van der Waals surface area contributed by atoms with Crippen molar-refractivity contribution in [2.75, 3.05) is 5.32 Å². The lowest BCUT2D eigenvalue weighted by Crippen LogP contribution is -2.44. The molecule has 230 valence electrons. The average Bonchev–Trinajstić information content (AvgIpc) is 3.60. The number of fused-ring (bicyclic) bond motifs is 1. The van der Waals surface area contributed by atoms with E-state index in [2.05, 4.69) is 93.4 Å². The molecule has 0 radical (unpaired) electrons. The van der Waals surface area contributed by atoms with E-state index in [4.69, 9.17) is 14.4 Å². The fourth-order valence-corrected chi connectivity index (χ4v) is 7.98. The van der Waals surface area contributed by atoms with E-state index < -0.39 is 8.32 Å². The number of anilines is 1. The van der Waals surface area contributed by atoms with Crippen molar-refractivity contribution in [3.8, 4) is 11.1 Å². The lowest BCUT2D eigenvalue weighted by molar-refractivity contribution is 0.119. The van der Waals surface area contributed by atoms with Gasteiger partial charge in [-0.2, -0.15) is 4.98 Å². The zero-order valence-corrected chi connectivity index (χ0v) is 28.3. The summed E-state index contributed by atoms with van der Waals surface area (Å²) in [6, 6.07) is 10.6. The van der Waals surface area contributed by atoms with Gasteiger partial charge >= 0.3 is 0 Å². The number of rotatable bonds is 11. The highest BCUT2D eigenvalue weighted by Crippen LogP contribution is 2.42. The van der Waals surface area contributed by atoms with Gasteiger partial charge in [-0.3, -0.25) is 0 Å². The van der Waals surface area contributed by atoms with E-state index in [0.29, 0.717) is 24.2 Å². The number of benzene rings is 1. The van der Waals surface area contributed by atoms with Crippen molar-refractivity contribution >= 4 is 25.3 Å². The van der Waals surface area contributed by atoms with Gasteiger partial charge in [-0.05, 0) is 81.1 Å². The second kappa shape index (κ2) is 13.2. The molecule has 6 nitrogen and oxygen atoms in total. The Morgan fingerprint density at radius 3 is 2.36 bits per heavy atom. The van der Waals surface area contributed by atoms with Crippen LogP contribution in [0.1, 0.15) is 110 Å². The van der Waals surface area contributed by atoms with Crippen LogP contribution in [0.3, 0.4) is 0 Å². The Morgan fingerprint density at radius 1 is 1.02 bits per heavy atom. The van der Waals surface area contributed by atoms with Crippen molar-refractivity contribution in [3.63, 3.8) is 0 Å². The number of nitrogens with one attached hydrogen (secondary N) is 2. The summed E-state index contributed by atoms with van der Waals surface area (Å²) < 4.78 is 9.29. The van der Waals surface area contributed by atoms with Crippen molar-refractivity contribution in [2.24, 2.45) is 0 Å². The minimum absolute atomic E-state index is 0.243. The maximum absolute atomic E-state index is 6.83. The van der Waals surface area contributed by atoms with Crippen LogP contribution < -0.4 is 10.6 Å². The third-order valence-corrected chi connectivity index (χ3v) is 14.7. The van der Waals surface area contributed by atoms with Gasteiger partial charge in [-0.1, -0.05) is 71.2 Å². The molecule has 1 aromatic carbocycles. The van der Waals surface area contributed by atoms with E-state index in [-0.39, 0.29) is 5.04 Å². The summed E-state index contributed by atoms with van der Waals surface area (Å²) in [4.78, 5) is 9.91. The monoisotopic (exact) mass is 589 g/mol. The van der Waals surface area contributed by atoms with Gasteiger partial charge in [0.2, 0.25) is 5.95 Å². The molecule has 0 spiro atoms. The quantitative estimate of drug-likeness (QED) is 0.218. The first-order chi connectivity index (χ1) is 20.0. The van der Waals surface area contributed by atoms with Gasteiger partial charge in [0.25, 0.3) is 0 Å². The van der Waals surface area contributed by atoms with Gasteiger partial charge in [-0.25, -0.2) is 4.98 Å². The molecule has 2 heterocycles. The highest BCUT2D eigenvalue weighted by molar-refractivity contribution is 6.74. The Morgan fingerprint density at radius 2 is 1.71 bits per heavy atom. The van der Waals surface area contributed by atoms with E-state index in [9.17, 15) is 0 Å². The van der Waals surface area contributed by atoms with Crippen molar-refractivity contribution in [3.05, 3.63) is 42.2 Å². The minimum atomic E-state index is -1.77. The van der Waals surface area contributed by atoms with E-state index in [1.54, 1.807) is 0 Å². The van der Waals surface area contributed by atoms with Crippen LogP contribution in [-0.2, 0) is 11.0 Å². The lowest BCUT2D eigenvalue weighted by atomic mass is 9.93. The molecule has 0 saturated heterocycles. The largest absolute Gasteiger partial charge is 0.414 e. The third kappa shape index (κ3) is 7.28. The molecule has 42 heavy (non-hydrogen) atoms. The molecule has 0 bridgehead atoms. The predicted molar refractivity (Wildman–Crippen MR) is 180 cm³/mol. The summed E-state index contributed by atoms with van der Waals surface area (Å²) in [5.74, 6) is 0.734.